The predicted molar refractivity (Wildman–Crippen MR) is 91.8 cm³/mol. The molecular weight excluding hydrogens is 353 g/mol. The third-order valence-electron chi connectivity index (χ3n) is 2.96. The third kappa shape index (κ3) is 4.32. The Kier molecular flexibility index (Phi) is 5.53. The summed E-state index contributed by atoms with van der Waals surface area (Å²) in [6, 6.07) is 11.8. The minimum atomic E-state index is -0.664. The maximum Gasteiger partial charge on any atom is 0.270 e. The van der Waals surface area contributed by atoms with Gasteiger partial charge in [0.25, 0.3) is 11.6 Å². The zero-order valence-electron chi connectivity index (χ0n) is 12.0. The van der Waals surface area contributed by atoms with Gasteiger partial charge in [-0.15, -0.1) is 0 Å². The summed E-state index contributed by atoms with van der Waals surface area (Å²) in [7, 11) is 0. The molecule has 0 aliphatic carbocycles. The number of anilines is 1. The Labute approximate surface area is 147 Å². The molecule has 0 fully saturated rings. The smallest absolute Gasteiger partial charge is 0.270 e. The molecule has 1 amide bonds. The summed E-state index contributed by atoms with van der Waals surface area (Å²) in [4.78, 5) is 22.4. The van der Waals surface area contributed by atoms with E-state index in [1.807, 2.05) is 0 Å². The fraction of sp³-hybridized carbons (Fsp3) is 0. The highest BCUT2D eigenvalue weighted by atomic mass is 35.5. The second kappa shape index (κ2) is 7.59. The van der Waals surface area contributed by atoms with Crippen LogP contribution in [0.15, 0.2) is 48.0 Å². The quantitative estimate of drug-likeness (QED) is 0.376. The van der Waals surface area contributed by atoms with E-state index in [9.17, 15) is 20.2 Å². The summed E-state index contributed by atoms with van der Waals surface area (Å²) in [5.41, 5.74) is 0.220. The van der Waals surface area contributed by atoms with Gasteiger partial charge in [0.15, 0.2) is 0 Å². The molecule has 0 atom stereocenters. The molecule has 24 heavy (non-hydrogen) atoms. The van der Waals surface area contributed by atoms with Gasteiger partial charge in [0.2, 0.25) is 0 Å². The van der Waals surface area contributed by atoms with Gasteiger partial charge in [-0.2, -0.15) is 5.26 Å². The molecule has 0 bridgehead atoms. The highest BCUT2D eigenvalue weighted by molar-refractivity contribution is 6.32. The molecule has 0 saturated carbocycles. The number of nitro groups is 1. The number of nitro benzene ring substituents is 1. The van der Waals surface area contributed by atoms with E-state index in [0.29, 0.717) is 10.7 Å². The van der Waals surface area contributed by atoms with Gasteiger partial charge < -0.3 is 5.32 Å². The number of hydrogen-bond acceptors (Lipinski definition) is 4. The first-order valence-corrected chi connectivity index (χ1v) is 7.29. The number of hydrogen-bond donors (Lipinski definition) is 1. The molecule has 6 nitrogen and oxygen atoms in total. The standard InChI is InChI=1S/C16H9Cl2N3O3/c17-12-1-3-13(4-2-12)20-16(22)11(9-19)7-10-8-14(21(23)24)5-6-15(10)18/h1-8H,(H,20,22)/b11-7-. The first-order valence-electron chi connectivity index (χ1n) is 6.53. The molecule has 0 aromatic heterocycles. The van der Waals surface area contributed by atoms with Crippen molar-refractivity contribution in [3.05, 3.63) is 73.8 Å². The number of carbonyl (C=O) groups excluding carboxylic acids is 1. The summed E-state index contributed by atoms with van der Waals surface area (Å²) in [6.07, 6.45) is 1.20. The molecule has 0 saturated heterocycles. The maximum absolute atomic E-state index is 12.2. The van der Waals surface area contributed by atoms with E-state index in [4.69, 9.17) is 23.2 Å². The maximum atomic E-state index is 12.2. The number of halogens is 2. The second-order valence-corrected chi connectivity index (χ2v) is 5.44. The van der Waals surface area contributed by atoms with E-state index in [1.54, 1.807) is 30.3 Å². The number of nitrogens with zero attached hydrogens (tertiary/aromatic N) is 2. The molecule has 2 aromatic rings. The van der Waals surface area contributed by atoms with Crippen LogP contribution in [-0.4, -0.2) is 10.8 Å². The van der Waals surface area contributed by atoms with Crippen LogP contribution >= 0.6 is 23.2 Å². The summed E-state index contributed by atoms with van der Waals surface area (Å²) in [5.74, 6) is -0.664. The highest BCUT2D eigenvalue weighted by Gasteiger charge is 2.13. The first kappa shape index (κ1) is 17.5. The van der Waals surface area contributed by atoms with Crippen LogP contribution < -0.4 is 5.32 Å². The van der Waals surface area contributed by atoms with Crippen molar-refractivity contribution < 1.29 is 9.72 Å². The molecule has 2 rings (SSSR count). The number of nitrogens with one attached hydrogen (secondary N) is 1. The number of non-ortho nitro benzene ring substituents is 1. The Morgan fingerprint density at radius 2 is 1.88 bits per heavy atom. The Balaban J connectivity index is 2.30. The van der Waals surface area contributed by atoms with Crippen LogP contribution in [0, 0.1) is 21.4 Å². The van der Waals surface area contributed by atoms with Crippen molar-refractivity contribution in [1.82, 2.24) is 0 Å². The lowest BCUT2D eigenvalue weighted by Gasteiger charge is -2.05. The zero-order chi connectivity index (χ0) is 17.7. The van der Waals surface area contributed by atoms with Gasteiger partial charge in [0.05, 0.1) is 4.92 Å². The molecule has 0 heterocycles. The van der Waals surface area contributed by atoms with Gasteiger partial charge in [0.1, 0.15) is 11.6 Å². The molecule has 0 radical (unpaired) electrons. The zero-order valence-corrected chi connectivity index (χ0v) is 13.5. The van der Waals surface area contributed by atoms with E-state index >= 15 is 0 Å². The van der Waals surface area contributed by atoms with Crippen LogP contribution in [0.5, 0.6) is 0 Å². The molecule has 8 heteroatoms. The van der Waals surface area contributed by atoms with E-state index in [0.717, 1.165) is 0 Å². The van der Waals surface area contributed by atoms with Crippen LogP contribution in [0.4, 0.5) is 11.4 Å². The molecule has 0 aliphatic rings. The highest BCUT2D eigenvalue weighted by Crippen LogP contribution is 2.24. The Bertz CT molecular complexity index is 871. The summed E-state index contributed by atoms with van der Waals surface area (Å²) in [5, 5.41) is 23.2. The second-order valence-electron chi connectivity index (χ2n) is 4.59. The predicted octanol–water partition coefficient (Wildman–Crippen LogP) is 4.45. The van der Waals surface area contributed by atoms with Gasteiger partial charge in [-0.25, -0.2) is 0 Å². The fourth-order valence-electron chi connectivity index (χ4n) is 1.79. The van der Waals surface area contributed by atoms with Crippen molar-refractivity contribution in [3.8, 4) is 6.07 Å². The fourth-order valence-corrected chi connectivity index (χ4v) is 2.09. The van der Waals surface area contributed by atoms with E-state index < -0.39 is 10.8 Å². The van der Waals surface area contributed by atoms with E-state index in [1.165, 1.54) is 24.3 Å². The van der Waals surface area contributed by atoms with Gasteiger partial charge in [-0.3, -0.25) is 14.9 Å². The topological polar surface area (TPSA) is 96.0 Å². The number of carbonyl (C=O) groups is 1. The molecular formula is C16H9Cl2N3O3. The van der Waals surface area contributed by atoms with Crippen LogP contribution in [0.1, 0.15) is 5.56 Å². The molecule has 2 aromatic carbocycles. The molecule has 120 valence electrons. The number of amides is 1. The lowest BCUT2D eigenvalue weighted by atomic mass is 10.1. The number of benzene rings is 2. The Hall–Kier alpha value is -2.88. The summed E-state index contributed by atoms with van der Waals surface area (Å²) >= 11 is 11.7. The van der Waals surface area contributed by atoms with Crippen molar-refractivity contribution in [2.75, 3.05) is 5.32 Å². The summed E-state index contributed by atoms with van der Waals surface area (Å²) < 4.78 is 0. The molecule has 0 spiro atoms. The third-order valence-corrected chi connectivity index (χ3v) is 3.55. The average molecular weight is 362 g/mol. The van der Waals surface area contributed by atoms with Gasteiger partial charge in [-0.05, 0) is 36.4 Å². The van der Waals surface area contributed by atoms with Crippen LogP contribution in [0.25, 0.3) is 6.08 Å². The van der Waals surface area contributed by atoms with Crippen molar-refractivity contribution in [2.45, 2.75) is 0 Å². The largest absolute Gasteiger partial charge is 0.321 e. The Morgan fingerprint density at radius 1 is 1.21 bits per heavy atom. The normalized spacial score (nSPS) is 10.8. The van der Waals surface area contributed by atoms with Crippen molar-refractivity contribution in [3.63, 3.8) is 0 Å². The lowest BCUT2D eigenvalue weighted by molar-refractivity contribution is -0.384. The lowest BCUT2D eigenvalue weighted by Crippen LogP contribution is -2.13. The van der Waals surface area contributed by atoms with Gasteiger partial charge in [0, 0.05) is 33.4 Å². The minimum absolute atomic E-state index is 0.188. The Morgan fingerprint density at radius 3 is 2.46 bits per heavy atom. The monoisotopic (exact) mass is 361 g/mol. The first-order chi connectivity index (χ1) is 11.4. The van der Waals surface area contributed by atoms with Crippen molar-refractivity contribution >= 4 is 46.6 Å². The van der Waals surface area contributed by atoms with Gasteiger partial charge >= 0.3 is 0 Å². The van der Waals surface area contributed by atoms with Crippen molar-refractivity contribution in [1.29, 1.82) is 5.26 Å². The van der Waals surface area contributed by atoms with Crippen LogP contribution in [0.3, 0.4) is 0 Å². The van der Waals surface area contributed by atoms with Crippen molar-refractivity contribution in [2.24, 2.45) is 0 Å². The molecule has 1 N–H and O–H groups in total. The minimum Gasteiger partial charge on any atom is -0.321 e. The van der Waals surface area contributed by atoms with Crippen LogP contribution in [0.2, 0.25) is 10.0 Å². The van der Waals surface area contributed by atoms with E-state index in [2.05, 4.69) is 5.32 Å². The van der Waals surface area contributed by atoms with E-state index in [-0.39, 0.29) is 21.8 Å². The average Bonchev–Trinajstić information content (AvgIpc) is 2.55. The number of nitriles is 1. The van der Waals surface area contributed by atoms with Gasteiger partial charge in [-0.1, -0.05) is 23.2 Å². The molecule has 0 aliphatic heterocycles. The molecule has 0 unspecified atom stereocenters. The van der Waals surface area contributed by atoms with Crippen LogP contribution in [-0.2, 0) is 4.79 Å². The SMILES string of the molecule is N#C/C(=C/c1cc([N+](=O)[O-])ccc1Cl)C(=O)Nc1ccc(Cl)cc1. The number of rotatable bonds is 4. The summed E-state index contributed by atoms with van der Waals surface area (Å²) in [6.45, 7) is 0.